The summed E-state index contributed by atoms with van der Waals surface area (Å²) in [4.78, 5) is 23.4. The molecule has 0 spiro atoms. The maximum absolute atomic E-state index is 11.9. The van der Waals surface area contributed by atoms with Crippen LogP contribution in [0.4, 0.5) is 4.79 Å². The van der Waals surface area contributed by atoms with Crippen LogP contribution in [0.1, 0.15) is 26.3 Å². The molecule has 0 atom stereocenters. The molecule has 0 saturated carbocycles. The van der Waals surface area contributed by atoms with E-state index in [0.29, 0.717) is 11.5 Å². The lowest BCUT2D eigenvalue weighted by Crippen LogP contribution is -2.35. The molecule has 0 aliphatic carbocycles. The molecule has 1 N–H and O–H groups in total. The first kappa shape index (κ1) is 17.8. The number of hydrogen-bond donors (Lipinski definition) is 1. The van der Waals surface area contributed by atoms with E-state index in [2.05, 4.69) is 5.32 Å². The summed E-state index contributed by atoms with van der Waals surface area (Å²) in [5, 5.41) is 2.44. The number of rotatable bonds is 6. The molecule has 0 aliphatic heterocycles. The summed E-state index contributed by atoms with van der Waals surface area (Å²) >= 11 is 0. The third kappa shape index (κ3) is 6.03. The van der Waals surface area contributed by atoms with E-state index in [-0.39, 0.29) is 18.7 Å². The molecule has 22 heavy (non-hydrogen) atoms. The van der Waals surface area contributed by atoms with Gasteiger partial charge in [-0.3, -0.25) is 4.79 Å². The molecule has 122 valence electrons. The SMILES string of the molecule is COc1ccc(CC(=O)CNC(=O)OC(C)(C)C)cc1OC. The Kier molecular flexibility index (Phi) is 6.22. The van der Waals surface area contributed by atoms with Crippen LogP contribution in [0, 0.1) is 0 Å². The number of amides is 1. The van der Waals surface area contributed by atoms with E-state index in [0.717, 1.165) is 5.56 Å². The Morgan fingerprint density at radius 1 is 1.09 bits per heavy atom. The Morgan fingerprint density at radius 3 is 2.27 bits per heavy atom. The molecule has 1 aromatic rings. The molecule has 6 nitrogen and oxygen atoms in total. The summed E-state index contributed by atoms with van der Waals surface area (Å²) in [7, 11) is 3.08. The van der Waals surface area contributed by atoms with Crippen molar-refractivity contribution in [1.82, 2.24) is 5.32 Å². The van der Waals surface area contributed by atoms with Gasteiger partial charge in [-0.1, -0.05) is 6.07 Å². The van der Waals surface area contributed by atoms with Gasteiger partial charge in [0.05, 0.1) is 20.8 Å². The van der Waals surface area contributed by atoms with Gasteiger partial charge in [0.2, 0.25) is 0 Å². The van der Waals surface area contributed by atoms with Crippen molar-refractivity contribution >= 4 is 11.9 Å². The maximum Gasteiger partial charge on any atom is 0.408 e. The Bertz CT molecular complexity index is 534. The third-order valence-electron chi connectivity index (χ3n) is 2.68. The fourth-order valence-corrected chi connectivity index (χ4v) is 1.77. The molecule has 0 unspecified atom stereocenters. The fraction of sp³-hybridized carbons (Fsp3) is 0.500. The van der Waals surface area contributed by atoms with Crippen LogP contribution in [0.15, 0.2) is 18.2 Å². The molecular weight excluding hydrogens is 286 g/mol. The maximum atomic E-state index is 11.9. The number of benzene rings is 1. The summed E-state index contributed by atoms with van der Waals surface area (Å²) in [5.41, 5.74) is 0.199. The number of Topliss-reactive ketones (excluding diaryl/α,β-unsaturated/α-hetero) is 1. The van der Waals surface area contributed by atoms with E-state index in [1.165, 1.54) is 7.11 Å². The zero-order chi connectivity index (χ0) is 16.8. The molecule has 1 rings (SSSR count). The quantitative estimate of drug-likeness (QED) is 0.873. The number of carbonyl (C=O) groups excluding carboxylic acids is 2. The van der Waals surface area contributed by atoms with Crippen molar-refractivity contribution in [2.75, 3.05) is 20.8 Å². The van der Waals surface area contributed by atoms with Gasteiger partial charge in [-0.15, -0.1) is 0 Å². The minimum atomic E-state index is -0.604. The number of hydrogen-bond acceptors (Lipinski definition) is 5. The van der Waals surface area contributed by atoms with E-state index < -0.39 is 11.7 Å². The van der Waals surface area contributed by atoms with Gasteiger partial charge in [0.15, 0.2) is 17.3 Å². The van der Waals surface area contributed by atoms with Crippen molar-refractivity contribution < 1.29 is 23.8 Å². The van der Waals surface area contributed by atoms with Gasteiger partial charge in [0, 0.05) is 6.42 Å². The standard InChI is InChI=1S/C16H23NO5/c1-16(2,3)22-15(19)17-10-12(18)8-11-6-7-13(20-4)14(9-11)21-5/h6-7,9H,8,10H2,1-5H3,(H,17,19). The highest BCUT2D eigenvalue weighted by Gasteiger charge is 2.16. The highest BCUT2D eigenvalue weighted by Crippen LogP contribution is 2.27. The number of alkyl carbamates (subject to hydrolysis) is 1. The fourth-order valence-electron chi connectivity index (χ4n) is 1.77. The second-order valence-electron chi connectivity index (χ2n) is 5.76. The first-order valence-electron chi connectivity index (χ1n) is 6.94. The lowest BCUT2D eigenvalue weighted by molar-refractivity contribution is -0.117. The first-order valence-corrected chi connectivity index (χ1v) is 6.94. The predicted molar refractivity (Wildman–Crippen MR) is 82.5 cm³/mol. The molecule has 1 aromatic carbocycles. The molecule has 0 radical (unpaired) electrons. The summed E-state index contributed by atoms with van der Waals surface area (Å²) in [6.07, 6.45) is -0.413. The molecule has 0 bridgehead atoms. The monoisotopic (exact) mass is 309 g/mol. The minimum Gasteiger partial charge on any atom is -0.493 e. The lowest BCUT2D eigenvalue weighted by atomic mass is 10.1. The zero-order valence-electron chi connectivity index (χ0n) is 13.7. The smallest absolute Gasteiger partial charge is 0.408 e. The van der Waals surface area contributed by atoms with Crippen molar-refractivity contribution in [3.63, 3.8) is 0 Å². The predicted octanol–water partition coefficient (Wildman–Crippen LogP) is 2.34. The number of carbonyl (C=O) groups is 2. The summed E-state index contributed by atoms with van der Waals surface area (Å²) in [6, 6.07) is 5.26. The molecular formula is C16H23NO5. The number of nitrogens with one attached hydrogen (secondary N) is 1. The molecule has 0 aliphatic rings. The molecule has 6 heteroatoms. The van der Waals surface area contributed by atoms with Gasteiger partial charge in [-0.25, -0.2) is 4.79 Å². The Hall–Kier alpha value is -2.24. The van der Waals surface area contributed by atoms with E-state index in [9.17, 15) is 9.59 Å². The molecule has 0 fully saturated rings. The third-order valence-corrected chi connectivity index (χ3v) is 2.68. The minimum absolute atomic E-state index is 0.0801. The lowest BCUT2D eigenvalue weighted by Gasteiger charge is -2.19. The average molecular weight is 309 g/mol. The molecule has 0 heterocycles. The van der Waals surface area contributed by atoms with Gasteiger partial charge in [-0.2, -0.15) is 0 Å². The first-order chi connectivity index (χ1) is 10.2. The van der Waals surface area contributed by atoms with Crippen molar-refractivity contribution in [3.8, 4) is 11.5 Å². The second kappa shape index (κ2) is 7.68. The molecule has 0 saturated heterocycles. The molecule has 0 aromatic heterocycles. The van der Waals surface area contributed by atoms with Gasteiger partial charge in [0.1, 0.15) is 5.60 Å². The van der Waals surface area contributed by atoms with Crippen LogP contribution in [-0.4, -0.2) is 38.2 Å². The van der Waals surface area contributed by atoms with Gasteiger partial charge >= 0.3 is 6.09 Å². The van der Waals surface area contributed by atoms with Crippen LogP contribution in [-0.2, 0) is 16.0 Å². The number of ketones is 1. The van der Waals surface area contributed by atoms with E-state index in [1.54, 1.807) is 46.1 Å². The number of methoxy groups -OCH3 is 2. The van der Waals surface area contributed by atoms with Crippen molar-refractivity contribution in [3.05, 3.63) is 23.8 Å². The Labute approximate surface area is 130 Å². The number of ether oxygens (including phenoxy) is 3. The normalized spacial score (nSPS) is 10.8. The van der Waals surface area contributed by atoms with Gasteiger partial charge < -0.3 is 19.5 Å². The highest BCUT2D eigenvalue weighted by molar-refractivity contribution is 5.85. The summed E-state index contributed by atoms with van der Waals surface area (Å²) < 4.78 is 15.4. The van der Waals surface area contributed by atoms with Crippen molar-refractivity contribution in [2.45, 2.75) is 32.8 Å². The van der Waals surface area contributed by atoms with Crippen LogP contribution in [0.3, 0.4) is 0 Å². The van der Waals surface area contributed by atoms with Crippen LogP contribution < -0.4 is 14.8 Å². The van der Waals surface area contributed by atoms with Crippen LogP contribution in [0.2, 0.25) is 0 Å². The highest BCUT2D eigenvalue weighted by atomic mass is 16.6. The van der Waals surface area contributed by atoms with Crippen molar-refractivity contribution in [2.24, 2.45) is 0 Å². The van der Waals surface area contributed by atoms with E-state index in [1.807, 2.05) is 0 Å². The van der Waals surface area contributed by atoms with Gasteiger partial charge in [-0.05, 0) is 38.5 Å². The Morgan fingerprint density at radius 2 is 1.73 bits per heavy atom. The topological polar surface area (TPSA) is 73.9 Å². The Balaban J connectivity index is 2.53. The van der Waals surface area contributed by atoms with E-state index >= 15 is 0 Å². The average Bonchev–Trinajstić information content (AvgIpc) is 2.43. The van der Waals surface area contributed by atoms with Crippen LogP contribution in [0.25, 0.3) is 0 Å². The van der Waals surface area contributed by atoms with E-state index in [4.69, 9.17) is 14.2 Å². The van der Waals surface area contributed by atoms with Gasteiger partial charge in [0.25, 0.3) is 0 Å². The summed E-state index contributed by atoms with van der Waals surface area (Å²) in [6.45, 7) is 5.21. The van der Waals surface area contributed by atoms with Crippen LogP contribution in [0.5, 0.6) is 11.5 Å². The van der Waals surface area contributed by atoms with Crippen molar-refractivity contribution in [1.29, 1.82) is 0 Å². The summed E-state index contributed by atoms with van der Waals surface area (Å²) in [5.74, 6) is 1.04. The second-order valence-corrected chi connectivity index (χ2v) is 5.76. The zero-order valence-corrected chi connectivity index (χ0v) is 13.7. The van der Waals surface area contributed by atoms with Crippen LogP contribution >= 0.6 is 0 Å². The largest absolute Gasteiger partial charge is 0.493 e. The molecule has 1 amide bonds.